The lowest BCUT2D eigenvalue weighted by atomic mass is 10.1. The van der Waals surface area contributed by atoms with Crippen LogP contribution in [-0.4, -0.2) is 37.6 Å². The molecule has 0 saturated carbocycles. The quantitative estimate of drug-likeness (QED) is 0.798. The number of hydrogen-bond donors (Lipinski definition) is 0. The van der Waals surface area contributed by atoms with Crippen molar-refractivity contribution in [1.82, 2.24) is 0 Å². The lowest BCUT2D eigenvalue weighted by Crippen LogP contribution is -2.44. The second-order valence-electron chi connectivity index (χ2n) is 5.13. The summed E-state index contributed by atoms with van der Waals surface area (Å²) in [4.78, 5) is 38.2. The molecule has 7 nitrogen and oxygen atoms in total. The Morgan fingerprint density at radius 1 is 1.21 bits per heavy atom. The number of furan rings is 1. The molecule has 3 rings (SSSR count). The highest BCUT2D eigenvalue weighted by Crippen LogP contribution is 2.29. The number of anilines is 1. The fraction of sp³-hybridized carbons (Fsp3) is 0.235. The second-order valence-corrected chi connectivity index (χ2v) is 5.13. The Balaban J connectivity index is 2.10. The molecule has 1 saturated heterocycles. The average molecular weight is 329 g/mol. The molecule has 2 aromatic rings. The molecular formula is C17H15NO6. The number of ether oxygens (including phenoxy) is 2. The van der Waals surface area contributed by atoms with E-state index in [1.807, 2.05) is 0 Å². The summed E-state index contributed by atoms with van der Waals surface area (Å²) >= 11 is 0. The number of amides is 1. The SMILES string of the molecule is COC(=O)c1ccccc1N(C(=O)c1ccco1)C1CCOC1=O. The van der Waals surface area contributed by atoms with Crippen molar-refractivity contribution < 1.29 is 28.3 Å². The Kier molecular flexibility index (Phi) is 4.33. The fourth-order valence-electron chi connectivity index (χ4n) is 2.62. The number of rotatable bonds is 4. The molecule has 7 heteroatoms. The number of para-hydroxylation sites is 1. The smallest absolute Gasteiger partial charge is 0.339 e. The van der Waals surface area contributed by atoms with Crippen molar-refractivity contribution in [3.05, 3.63) is 54.0 Å². The van der Waals surface area contributed by atoms with E-state index >= 15 is 0 Å². The molecule has 0 N–H and O–H groups in total. The molecule has 0 bridgehead atoms. The Hall–Kier alpha value is -3.09. The van der Waals surface area contributed by atoms with Crippen LogP contribution in [0.2, 0.25) is 0 Å². The van der Waals surface area contributed by atoms with Crippen LogP contribution in [-0.2, 0) is 14.3 Å². The van der Waals surface area contributed by atoms with Gasteiger partial charge in [-0.25, -0.2) is 9.59 Å². The number of cyclic esters (lactones) is 1. The number of nitrogens with zero attached hydrogens (tertiary/aromatic N) is 1. The number of benzene rings is 1. The molecule has 1 amide bonds. The van der Waals surface area contributed by atoms with Crippen LogP contribution in [0.3, 0.4) is 0 Å². The van der Waals surface area contributed by atoms with Crippen molar-refractivity contribution in [2.45, 2.75) is 12.5 Å². The average Bonchev–Trinajstić information content (AvgIpc) is 3.27. The summed E-state index contributed by atoms with van der Waals surface area (Å²) in [5.74, 6) is -1.58. The maximum absolute atomic E-state index is 12.9. The highest BCUT2D eigenvalue weighted by molar-refractivity contribution is 6.11. The minimum Gasteiger partial charge on any atom is -0.465 e. The topological polar surface area (TPSA) is 86.1 Å². The van der Waals surface area contributed by atoms with E-state index < -0.39 is 23.9 Å². The van der Waals surface area contributed by atoms with Gasteiger partial charge in [0.15, 0.2) is 5.76 Å². The first kappa shape index (κ1) is 15.8. The van der Waals surface area contributed by atoms with Crippen molar-refractivity contribution in [2.24, 2.45) is 0 Å². The van der Waals surface area contributed by atoms with Gasteiger partial charge in [-0.3, -0.25) is 9.69 Å². The van der Waals surface area contributed by atoms with Gasteiger partial charge in [0.05, 0.1) is 31.2 Å². The highest BCUT2D eigenvalue weighted by Gasteiger charge is 2.39. The third kappa shape index (κ3) is 2.76. The Labute approximate surface area is 137 Å². The van der Waals surface area contributed by atoms with E-state index in [1.54, 1.807) is 24.3 Å². The van der Waals surface area contributed by atoms with Crippen LogP contribution in [0, 0.1) is 0 Å². The van der Waals surface area contributed by atoms with Crippen LogP contribution < -0.4 is 4.90 Å². The standard InChI is InChI=1S/C17H15NO6/c1-22-16(20)11-5-2-3-6-12(11)18(13-8-10-24-17(13)21)15(19)14-7-4-9-23-14/h2-7,9,13H,8,10H2,1H3. The van der Waals surface area contributed by atoms with Gasteiger partial charge in [0.25, 0.3) is 5.91 Å². The minimum atomic E-state index is -0.826. The lowest BCUT2D eigenvalue weighted by molar-refractivity contribution is -0.139. The molecule has 1 aliphatic rings. The third-order valence-corrected chi connectivity index (χ3v) is 3.74. The normalized spacial score (nSPS) is 16.5. The number of methoxy groups -OCH3 is 1. The number of carbonyl (C=O) groups excluding carboxylic acids is 3. The van der Waals surface area contributed by atoms with Gasteiger partial charge in [-0.05, 0) is 24.3 Å². The van der Waals surface area contributed by atoms with E-state index in [1.165, 1.54) is 30.4 Å². The molecule has 1 aromatic heterocycles. The summed E-state index contributed by atoms with van der Waals surface area (Å²) in [7, 11) is 1.25. The summed E-state index contributed by atoms with van der Waals surface area (Å²) in [6, 6.07) is 8.68. The van der Waals surface area contributed by atoms with Crippen molar-refractivity contribution in [2.75, 3.05) is 18.6 Å². The first-order chi connectivity index (χ1) is 11.6. The molecule has 0 spiro atoms. The number of esters is 2. The zero-order chi connectivity index (χ0) is 17.1. The van der Waals surface area contributed by atoms with Gasteiger partial charge in [-0.2, -0.15) is 0 Å². The van der Waals surface area contributed by atoms with E-state index in [4.69, 9.17) is 13.9 Å². The van der Waals surface area contributed by atoms with Gasteiger partial charge in [0.1, 0.15) is 6.04 Å². The monoisotopic (exact) mass is 329 g/mol. The van der Waals surface area contributed by atoms with Crippen molar-refractivity contribution in [3.63, 3.8) is 0 Å². The maximum atomic E-state index is 12.9. The maximum Gasteiger partial charge on any atom is 0.339 e. The van der Waals surface area contributed by atoms with Gasteiger partial charge >= 0.3 is 11.9 Å². The van der Waals surface area contributed by atoms with Gasteiger partial charge in [0.2, 0.25) is 0 Å². The van der Waals surface area contributed by atoms with Crippen molar-refractivity contribution in [3.8, 4) is 0 Å². The lowest BCUT2D eigenvalue weighted by Gasteiger charge is -2.27. The zero-order valence-corrected chi connectivity index (χ0v) is 12.9. The zero-order valence-electron chi connectivity index (χ0n) is 12.9. The fourth-order valence-corrected chi connectivity index (χ4v) is 2.62. The van der Waals surface area contributed by atoms with Crippen LogP contribution in [0.15, 0.2) is 47.1 Å². The van der Waals surface area contributed by atoms with E-state index in [9.17, 15) is 14.4 Å². The van der Waals surface area contributed by atoms with Crippen LogP contribution >= 0.6 is 0 Å². The van der Waals surface area contributed by atoms with Gasteiger partial charge < -0.3 is 13.9 Å². The molecule has 1 aliphatic heterocycles. The van der Waals surface area contributed by atoms with Crippen LogP contribution in [0.1, 0.15) is 27.3 Å². The molecule has 24 heavy (non-hydrogen) atoms. The molecular weight excluding hydrogens is 314 g/mol. The van der Waals surface area contributed by atoms with Crippen LogP contribution in [0.25, 0.3) is 0 Å². The summed E-state index contributed by atoms with van der Waals surface area (Å²) < 4.78 is 14.9. The highest BCUT2D eigenvalue weighted by atomic mass is 16.5. The minimum absolute atomic E-state index is 0.0642. The van der Waals surface area contributed by atoms with Crippen LogP contribution in [0.5, 0.6) is 0 Å². The Morgan fingerprint density at radius 3 is 2.62 bits per heavy atom. The molecule has 2 heterocycles. The van der Waals surface area contributed by atoms with Gasteiger partial charge in [-0.1, -0.05) is 12.1 Å². The van der Waals surface area contributed by atoms with E-state index in [2.05, 4.69) is 0 Å². The molecule has 1 fully saturated rings. The van der Waals surface area contributed by atoms with Crippen molar-refractivity contribution in [1.29, 1.82) is 0 Å². The second kappa shape index (κ2) is 6.57. The summed E-state index contributed by atoms with van der Waals surface area (Å²) in [5, 5.41) is 0. The molecule has 0 radical (unpaired) electrons. The summed E-state index contributed by atoms with van der Waals surface area (Å²) in [5.41, 5.74) is 0.453. The summed E-state index contributed by atoms with van der Waals surface area (Å²) in [6.07, 6.45) is 1.70. The summed E-state index contributed by atoms with van der Waals surface area (Å²) in [6.45, 7) is 0.214. The predicted molar refractivity (Wildman–Crippen MR) is 82.7 cm³/mol. The van der Waals surface area contributed by atoms with Gasteiger partial charge in [0, 0.05) is 6.42 Å². The van der Waals surface area contributed by atoms with Crippen molar-refractivity contribution >= 4 is 23.5 Å². The third-order valence-electron chi connectivity index (χ3n) is 3.74. The van der Waals surface area contributed by atoms with E-state index in [-0.39, 0.29) is 23.6 Å². The number of hydrogen-bond acceptors (Lipinski definition) is 6. The first-order valence-electron chi connectivity index (χ1n) is 7.34. The predicted octanol–water partition coefficient (Wildman–Crippen LogP) is 2.03. The van der Waals surface area contributed by atoms with Gasteiger partial charge in [-0.15, -0.1) is 0 Å². The van der Waals surface area contributed by atoms with E-state index in [0.717, 1.165) is 0 Å². The largest absolute Gasteiger partial charge is 0.465 e. The molecule has 1 aromatic carbocycles. The molecule has 124 valence electrons. The first-order valence-corrected chi connectivity index (χ1v) is 7.34. The molecule has 1 atom stereocenters. The Morgan fingerprint density at radius 2 is 2.00 bits per heavy atom. The Bertz CT molecular complexity index is 767. The molecule has 1 unspecified atom stereocenters. The van der Waals surface area contributed by atoms with Crippen LogP contribution in [0.4, 0.5) is 5.69 Å². The van der Waals surface area contributed by atoms with E-state index in [0.29, 0.717) is 6.42 Å². The molecule has 0 aliphatic carbocycles. The number of carbonyl (C=O) groups is 3.